The summed E-state index contributed by atoms with van der Waals surface area (Å²) in [7, 11) is 0. The molecular formula is C17H18N4O. The second kappa shape index (κ2) is 4.74. The van der Waals surface area contributed by atoms with E-state index in [-0.39, 0.29) is 18.1 Å². The monoisotopic (exact) mass is 294 g/mol. The van der Waals surface area contributed by atoms with E-state index >= 15 is 0 Å². The maximum Gasteiger partial charge on any atom is 0.255 e. The van der Waals surface area contributed by atoms with Crippen molar-refractivity contribution in [3.05, 3.63) is 59.2 Å². The molecule has 2 atom stereocenters. The zero-order valence-corrected chi connectivity index (χ0v) is 12.1. The Labute approximate surface area is 128 Å². The van der Waals surface area contributed by atoms with Crippen LogP contribution in [0.1, 0.15) is 40.1 Å². The molecule has 0 aliphatic carbocycles. The summed E-state index contributed by atoms with van der Waals surface area (Å²) in [5.41, 5.74) is 16.5. The van der Waals surface area contributed by atoms with Gasteiger partial charge in [-0.05, 0) is 35.7 Å². The van der Waals surface area contributed by atoms with Crippen LogP contribution in [0.2, 0.25) is 0 Å². The van der Waals surface area contributed by atoms with Gasteiger partial charge in [-0.3, -0.25) is 4.79 Å². The quantitative estimate of drug-likeness (QED) is 0.702. The smallest absolute Gasteiger partial charge is 0.255 e. The minimum atomic E-state index is -0.172. The number of carbonyl (C=O) groups excluding carboxylic acids is 1. The van der Waals surface area contributed by atoms with E-state index in [2.05, 4.69) is 10.2 Å². The van der Waals surface area contributed by atoms with Crippen LogP contribution < -0.4 is 21.7 Å². The fourth-order valence-electron chi connectivity index (χ4n) is 3.39. The Morgan fingerprint density at radius 1 is 1.14 bits per heavy atom. The van der Waals surface area contributed by atoms with E-state index in [1.807, 2.05) is 42.5 Å². The molecule has 2 heterocycles. The molecule has 0 unspecified atom stereocenters. The van der Waals surface area contributed by atoms with Crippen molar-refractivity contribution >= 4 is 17.3 Å². The molecule has 4 rings (SSSR count). The third-order valence-electron chi connectivity index (χ3n) is 4.51. The number of nitrogen functional groups attached to an aromatic ring is 1. The summed E-state index contributed by atoms with van der Waals surface area (Å²) in [6, 6.07) is 13.4. The number of carbonyl (C=O) groups is 1. The Balaban J connectivity index is 1.85. The average Bonchev–Trinajstić information content (AvgIpc) is 2.53. The molecule has 5 nitrogen and oxygen atoms in total. The summed E-state index contributed by atoms with van der Waals surface area (Å²) >= 11 is 0. The zero-order chi connectivity index (χ0) is 15.3. The number of amides is 1. The average molecular weight is 294 g/mol. The third-order valence-corrected chi connectivity index (χ3v) is 4.51. The van der Waals surface area contributed by atoms with Crippen LogP contribution in [0.15, 0.2) is 42.5 Å². The molecule has 0 fully saturated rings. The van der Waals surface area contributed by atoms with Gasteiger partial charge in [0.2, 0.25) is 0 Å². The normalized spacial score (nSPS) is 23.0. The molecule has 1 amide bonds. The summed E-state index contributed by atoms with van der Waals surface area (Å²) in [6.07, 6.45) is 0.701. The molecule has 0 saturated heterocycles. The van der Waals surface area contributed by atoms with Crippen LogP contribution in [0.25, 0.3) is 0 Å². The molecule has 0 bridgehead atoms. The standard InChI is InChI=1S/C17H18N4O/c18-11-6-4-10(5-7-11)16-20-17(22)13-3-1-2-12-14(19)8-9-21(16)15(12)13/h1-7,14,16H,8-9,18-19H2,(H,20,22)/t14-,16-/m0/s1. The van der Waals surface area contributed by atoms with Crippen LogP contribution >= 0.6 is 0 Å². The number of para-hydroxylation sites is 1. The van der Waals surface area contributed by atoms with Gasteiger partial charge >= 0.3 is 0 Å². The van der Waals surface area contributed by atoms with Crippen molar-refractivity contribution in [2.24, 2.45) is 5.73 Å². The van der Waals surface area contributed by atoms with Gasteiger partial charge in [0.05, 0.1) is 11.3 Å². The Kier molecular flexibility index (Phi) is 2.84. The Morgan fingerprint density at radius 2 is 1.91 bits per heavy atom. The van der Waals surface area contributed by atoms with Gasteiger partial charge in [-0.1, -0.05) is 24.3 Å². The molecule has 2 aliphatic heterocycles. The Bertz CT molecular complexity index is 741. The van der Waals surface area contributed by atoms with Crippen molar-refractivity contribution in [1.82, 2.24) is 5.32 Å². The lowest BCUT2D eigenvalue weighted by atomic mass is 9.90. The van der Waals surface area contributed by atoms with Crippen molar-refractivity contribution in [3.8, 4) is 0 Å². The van der Waals surface area contributed by atoms with Crippen molar-refractivity contribution < 1.29 is 4.79 Å². The van der Waals surface area contributed by atoms with Crippen LogP contribution in [0.3, 0.4) is 0 Å². The maximum atomic E-state index is 12.5. The van der Waals surface area contributed by atoms with Gasteiger partial charge in [0.25, 0.3) is 5.91 Å². The summed E-state index contributed by atoms with van der Waals surface area (Å²) < 4.78 is 0. The number of benzene rings is 2. The first-order valence-corrected chi connectivity index (χ1v) is 7.46. The predicted octanol–water partition coefficient (Wildman–Crippen LogP) is 1.92. The minimum Gasteiger partial charge on any atom is -0.399 e. The first-order chi connectivity index (χ1) is 10.6. The second-order valence-electron chi connectivity index (χ2n) is 5.87. The largest absolute Gasteiger partial charge is 0.399 e. The van der Waals surface area contributed by atoms with Crippen LogP contribution in [0.5, 0.6) is 0 Å². The highest BCUT2D eigenvalue weighted by Gasteiger charge is 2.36. The molecule has 0 aromatic heterocycles. The molecule has 0 radical (unpaired) electrons. The highest BCUT2D eigenvalue weighted by Crippen LogP contribution is 2.41. The van der Waals surface area contributed by atoms with Gasteiger partial charge in [-0.25, -0.2) is 0 Å². The van der Waals surface area contributed by atoms with E-state index < -0.39 is 0 Å². The van der Waals surface area contributed by atoms with Gasteiger partial charge < -0.3 is 21.7 Å². The molecular weight excluding hydrogens is 276 g/mol. The summed E-state index contributed by atoms with van der Waals surface area (Å²) in [4.78, 5) is 14.7. The number of rotatable bonds is 1. The first kappa shape index (κ1) is 13.2. The van der Waals surface area contributed by atoms with Gasteiger partial charge in [0, 0.05) is 18.3 Å². The van der Waals surface area contributed by atoms with Gasteiger partial charge in [-0.15, -0.1) is 0 Å². The van der Waals surface area contributed by atoms with E-state index in [1.54, 1.807) is 0 Å². The van der Waals surface area contributed by atoms with Crippen molar-refractivity contribution in [2.45, 2.75) is 18.6 Å². The zero-order valence-electron chi connectivity index (χ0n) is 12.1. The molecule has 5 N–H and O–H groups in total. The summed E-state index contributed by atoms with van der Waals surface area (Å²) in [5, 5.41) is 3.09. The highest BCUT2D eigenvalue weighted by molar-refractivity contribution is 6.03. The molecule has 112 valence electrons. The number of nitrogens with zero attached hydrogens (tertiary/aromatic N) is 1. The van der Waals surface area contributed by atoms with E-state index in [1.165, 1.54) is 0 Å². The number of hydrogen-bond acceptors (Lipinski definition) is 4. The lowest BCUT2D eigenvalue weighted by Crippen LogP contribution is -2.49. The van der Waals surface area contributed by atoms with Crippen LogP contribution in [-0.2, 0) is 0 Å². The van der Waals surface area contributed by atoms with Gasteiger partial charge in [0.15, 0.2) is 0 Å². The third kappa shape index (κ3) is 1.86. The van der Waals surface area contributed by atoms with Crippen molar-refractivity contribution in [1.29, 1.82) is 0 Å². The molecule has 5 heteroatoms. The van der Waals surface area contributed by atoms with E-state index in [4.69, 9.17) is 11.5 Å². The van der Waals surface area contributed by atoms with Crippen LogP contribution in [0, 0.1) is 0 Å². The summed E-state index contributed by atoms with van der Waals surface area (Å²) in [6.45, 7) is 0.820. The lowest BCUT2D eigenvalue weighted by molar-refractivity contribution is 0.0925. The fraction of sp³-hybridized carbons (Fsp3) is 0.235. The molecule has 0 spiro atoms. The Hall–Kier alpha value is -2.53. The summed E-state index contributed by atoms with van der Waals surface area (Å²) in [5.74, 6) is -0.0518. The van der Waals surface area contributed by atoms with Gasteiger partial charge in [-0.2, -0.15) is 0 Å². The number of nitrogens with one attached hydrogen (secondary N) is 1. The molecule has 2 aliphatic rings. The topological polar surface area (TPSA) is 84.4 Å². The second-order valence-corrected chi connectivity index (χ2v) is 5.87. The highest BCUT2D eigenvalue weighted by atomic mass is 16.2. The molecule has 2 aromatic carbocycles. The molecule has 0 saturated carbocycles. The molecule has 22 heavy (non-hydrogen) atoms. The van der Waals surface area contributed by atoms with E-state index in [9.17, 15) is 4.79 Å². The van der Waals surface area contributed by atoms with E-state index in [0.717, 1.165) is 29.8 Å². The number of hydrogen-bond donors (Lipinski definition) is 3. The first-order valence-electron chi connectivity index (χ1n) is 7.46. The van der Waals surface area contributed by atoms with Crippen LogP contribution in [0.4, 0.5) is 11.4 Å². The predicted molar refractivity (Wildman–Crippen MR) is 86.4 cm³/mol. The SMILES string of the molecule is Nc1ccc([C@H]2NC(=O)c3cccc4c3N2CC[C@@H]4N)cc1. The minimum absolute atomic E-state index is 0.0100. The van der Waals surface area contributed by atoms with E-state index in [0.29, 0.717) is 11.3 Å². The molecule has 2 aromatic rings. The van der Waals surface area contributed by atoms with Crippen molar-refractivity contribution in [3.63, 3.8) is 0 Å². The number of anilines is 2. The number of nitrogens with two attached hydrogens (primary N) is 2. The van der Waals surface area contributed by atoms with Crippen LogP contribution in [-0.4, -0.2) is 12.5 Å². The fourth-order valence-corrected chi connectivity index (χ4v) is 3.39. The lowest BCUT2D eigenvalue weighted by Gasteiger charge is -2.44. The van der Waals surface area contributed by atoms with Gasteiger partial charge in [0.1, 0.15) is 6.17 Å². The maximum absolute atomic E-state index is 12.5. The van der Waals surface area contributed by atoms with Crippen molar-refractivity contribution in [2.75, 3.05) is 17.2 Å². The Morgan fingerprint density at radius 3 is 2.68 bits per heavy atom.